The minimum absolute atomic E-state index is 0.301. The van der Waals surface area contributed by atoms with Gasteiger partial charge in [-0.05, 0) is 37.9 Å². The molecular formula is C16H26N2O2. The topological polar surface area (TPSA) is 37.6 Å². The lowest BCUT2D eigenvalue weighted by Crippen LogP contribution is -2.62. The highest BCUT2D eigenvalue weighted by Gasteiger charge is 2.45. The second kappa shape index (κ2) is 6.29. The molecular weight excluding hydrogens is 252 g/mol. The number of ether oxygens (including phenoxy) is 1. The largest absolute Gasteiger partial charge is 0.472 e. The highest BCUT2D eigenvalue weighted by atomic mass is 16.5. The number of rotatable bonds is 5. The zero-order valence-corrected chi connectivity index (χ0v) is 12.4. The lowest BCUT2D eigenvalue weighted by molar-refractivity contribution is -0.0347. The van der Waals surface area contributed by atoms with Gasteiger partial charge in [0.1, 0.15) is 0 Å². The predicted molar refractivity (Wildman–Crippen MR) is 78.9 cm³/mol. The molecule has 2 fully saturated rings. The average molecular weight is 278 g/mol. The van der Waals surface area contributed by atoms with E-state index in [1.807, 2.05) is 6.26 Å². The maximum absolute atomic E-state index is 5.55. The van der Waals surface area contributed by atoms with Crippen molar-refractivity contribution in [3.8, 4) is 0 Å². The number of furan rings is 1. The van der Waals surface area contributed by atoms with Crippen molar-refractivity contribution >= 4 is 0 Å². The lowest BCUT2D eigenvalue weighted by Gasteiger charge is -2.48. The van der Waals surface area contributed by atoms with Gasteiger partial charge in [-0.1, -0.05) is 12.8 Å². The number of likely N-dealkylation sites (N-methyl/N-ethyl adjacent to an activating group) is 1. The third-order valence-corrected chi connectivity index (χ3v) is 5.13. The molecule has 1 aliphatic heterocycles. The van der Waals surface area contributed by atoms with E-state index in [0.717, 1.165) is 32.7 Å². The summed E-state index contributed by atoms with van der Waals surface area (Å²) in [6.07, 6.45) is 10.0. The van der Waals surface area contributed by atoms with Gasteiger partial charge in [-0.3, -0.25) is 4.90 Å². The van der Waals surface area contributed by atoms with Gasteiger partial charge >= 0.3 is 0 Å². The van der Waals surface area contributed by atoms with Crippen LogP contribution >= 0.6 is 0 Å². The Balaban J connectivity index is 1.79. The maximum atomic E-state index is 5.55. The third-order valence-electron chi connectivity index (χ3n) is 5.13. The minimum atomic E-state index is 0.301. The molecule has 0 spiro atoms. The van der Waals surface area contributed by atoms with Crippen LogP contribution in [0.25, 0.3) is 0 Å². The molecule has 1 atom stereocenters. The third kappa shape index (κ3) is 2.65. The minimum Gasteiger partial charge on any atom is -0.472 e. The molecule has 1 aliphatic carbocycles. The highest BCUT2D eigenvalue weighted by Crippen LogP contribution is 2.39. The molecule has 1 N–H and O–H groups in total. The van der Waals surface area contributed by atoms with E-state index in [0.29, 0.717) is 11.6 Å². The normalized spacial score (nSPS) is 24.9. The van der Waals surface area contributed by atoms with Crippen molar-refractivity contribution in [3.05, 3.63) is 24.2 Å². The molecule has 1 aromatic rings. The summed E-state index contributed by atoms with van der Waals surface area (Å²) in [5, 5.41) is 3.60. The quantitative estimate of drug-likeness (QED) is 0.894. The van der Waals surface area contributed by atoms with Gasteiger partial charge in [0, 0.05) is 24.7 Å². The average Bonchev–Trinajstić information content (AvgIpc) is 3.18. The fourth-order valence-electron chi connectivity index (χ4n) is 4.09. The number of nitrogens with one attached hydrogen (secondary N) is 1. The van der Waals surface area contributed by atoms with Crippen molar-refractivity contribution in [3.63, 3.8) is 0 Å². The SMILES string of the molecule is CNC(Cc1ccoc1)C1(N2CCOCC2)CCCC1. The van der Waals surface area contributed by atoms with E-state index in [1.54, 1.807) is 6.26 Å². The first kappa shape index (κ1) is 14.1. The Labute approximate surface area is 121 Å². The number of hydrogen-bond donors (Lipinski definition) is 1. The molecule has 2 heterocycles. The molecule has 0 bridgehead atoms. The van der Waals surface area contributed by atoms with Crippen LogP contribution in [0.5, 0.6) is 0 Å². The van der Waals surface area contributed by atoms with Crippen molar-refractivity contribution in [2.24, 2.45) is 0 Å². The Morgan fingerprint density at radius 2 is 2.05 bits per heavy atom. The van der Waals surface area contributed by atoms with E-state index in [-0.39, 0.29) is 0 Å². The number of morpholine rings is 1. The summed E-state index contributed by atoms with van der Waals surface area (Å²) in [5.41, 5.74) is 1.60. The molecule has 2 aliphatic rings. The van der Waals surface area contributed by atoms with Gasteiger partial charge in [0.2, 0.25) is 0 Å². The summed E-state index contributed by atoms with van der Waals surface area (Å²) in [6.45, 7) is 3.90. The van der Waals surface area contributed by atoms with Gasteiger partial charge in [0.15, 0.2) is 0 Å². The van der Waals surface area contributed by atoms with Crippen LogP contribution in [0.4, 0.5) is 0 Å². The summed E-state index contributed by atoms with van der Waals surface area (Å²) >= 11 is 0. The Bertz CT molecular complexity index is 393. The molecule has 3 rings (SSSR count). The molecule has 0 amide bonds. The van der Waals surface area contributed by atoms with Crippen LogP contribution in [0.15, 0.2) is 23.0 Å². The first-order valence-corrected chi connectivity index (χ1v) is 7.86. The second-order valence-corrected chi connectivity index (χ2v) is 6.09. The molecule has 4 nitrogen and oxygen atoms in total. The second-order valence-electron chi connectivity index (χ2n) is 6.09. The van der Waals surface area contributed by atoms with Gasteiger partial charge < -0.3 is 14.5 Å². The molecule has 0 aromatic carbocycles. The Kier molecular flexibility index (Phi) is 4.44. The summed E-state index contributed by atoms with van der Waals surface area (Å²) in [6, 6.07) is 2.58. The van der Waals surface area contributed by atoms with E-state index < -0.39 is 0 Å². The van der Waals surface area contributed by atoms with Gasteiger partial charge in [0.25, 0.3) is 0 Å². The van der Waals surface area contributed by atoms with Gasteiger partial charge in [0.05, 0.1) is 25.7 Å². The zero-order chi connectivity index (χ0) is 13.8. The fourth-order valence-corrected chi connectivity index (χ4v) is 4.09. The van der Waals surface area contributed by atoms with E-state index in [4.69, 9.17) is 9.15 Å². The van der Waals surface area contributed by atoms with Gasteiger partial charge in [-0.25, -0.2) is 0 Å². The molecule has 1 saturated carbocycles. The monoisotopic (exact) mass is 278 g/mol. The van der Waals surface area contributed by atoms with E-state index in [2.05, 4.69) is 23.3 Å². The van der Waals surface area contributed by atoms with Crippen LogP contribution in [0.2, 0.25) is 0 Å². The lowest BCUT2D eigenvalue weighted by atomic mass is 9.82. The Morgan fingerprint density at radius 1 is 1.30 bits per heavy atom. The van der Waals surface area contributed by atoms with Crippen LogP contribution in [0.1, 0.15) is 31.2 Å². The standard InChI is InChI=1S/C16H26N2O2/c1-17-15(12-14-4-9-20-13-14)16(5-2-3-6-16)18-7-10-19-11-8-18/h4,9,13,15,17H,2-3,5-8,10-12H2,1H3. The Morgan fingerprint density at radius 3 is 2.65 bits per heavy atom. The number of hydrogen-bond acceptors (Lipinski definition) is 4. The van der Waals surface area contributed by atoms with Gasteiger partial charge in [-0.2, -0.15) is 0 Å². The summed E-state index contributed by atoms with van der Waals surface area (Å²) in [4.78, 5) is 2.69. The van der Waals surface area contributed by atoms with Gasteiger partial charge in [-0.15, -0.1) is 0 Å². The van der Waals surface area contributed by atoms with Crippen LogP contribution in [-0.4, -0.2) is 49.8 Å². The molecule has 1 unspecified atom stereocenters. The van der Waals surface area contributed by atoms with Crippen molar-refractivity contribution in [1.82, 2.24) is 10.2 Å². The Hall–Kier alpha value is -0.840. The molecule has 1 aromatic heterocycles. The van der Waals surface area contributed by atoms with Crippen molar-refractivity contribution in [1.29, 1.82) is 0 Å². The van der Waals surface area contributed by atoms with Crippen LogP contribution in [0, 0.1) is 0 Å². The molecule has 0 radical (unpaired) electrons. The first-order chi connectivity index (χ1) is 9.85. The van der Waals surface area contributed by atoms with Crippen molar-refractivity contribution < 1.29 is 9.15 Å². The zero-order valence-electron chi connectivity index (χ0n) is 12.4. The number of nitrogens with zero attached hydrogens (tertiary/aromatic N) is 1. The molecule has 20 heavy (non-hydrogen) atoms. The molecule has 1 saturated heterocycles. The van der Waals surface area contributed by atoms with Crippen molar-refractivity contribution in [2.75, 3.05) is 33.4 Å². The first-order valence-electron chi connectivity index (χ1n) is 7.86. The summed E-state index contributed by atoms with van der Waals surface area (Å²) in [7, 11) is 2.10. The summed E-state index contributed by atoms with van der Waals surface area (Å²) in [5.74, 6) is 0. The molecule has 112 valence electrons. The highest BCUT2D eigenvalue weighted by molar-refractivity contribution is 5.13. The van der Waals surface area contributed by atoms with E-state index in [1.165, 1.54) is 31.2 Å². The summed E-state index contributed by atoms with van der Waals surface area (Å²) < 4.78 is 10.8. The van der Waals surface area contributed by atoms with E-state index >= 15 is 0 Å². The van der Waals surface area contributed by atoms with E-state index in [9.17, 15) is 0 Å². The van der Waals surface area contributed by atoms with Crippen LogP contribution in [-0.2, 0) is 11.2 Å². The fraction of sp³-hybridized carbons (Fsp3) is 0.750. The van der Waals surface area contributed by atoms with Crippen LogP contribution < -0.4 is 5.32 Å². The van der Waals surface area contributed by atoms with Crippen LogP contribution in [0.3, 0.4) is 0 Å². The van der Waals surface area contributed by atoms with Crippen molar-refractivity contribution in [2.45, 2.75) is 43.7 Å². The predicted octanol–water partition coefficient (Wildman–Crippen LogP) is 2.06. The maximum Gasteiger partial charge on any atom is 0.0935 e. The smallest absolute Gasteiger partial charge is 0.0935 e. The molecule has 4 heteroatoms.